The molecule has 1 amide bonds. The molecule has 0 unspecified atom stereocenters. The SMILES string of the molecule is Cc1ccc(NC(=O)C=Cc2ccc([N+](=O)[O-])cc2)nc1. The molecule has 1 aromatic carbocycles. The number of rotatable bonds is 4. The first kappa shape index (κ1) is 14.4. The van der Waals surface area contributed by atoms with Gasteiger partial charge in [0.05, 0.1) is 4.92 Å². The molecule has 0 saturated heterocycles. The van der Waals surface area contributed by atoms with E-state index in [9.17, 15) is 14.9 Å². The number of nitro groups is 1. The molecule has 0 aliphatic heterocycles. The average molecular weight is 283 g/mol. The van der Waals surface area contributed by atoms with Gasteiger partial charge in [-0.15, -0.1) is 0 Å². The largest absolute Gasteiger partial charge is 0.307 e. The number of carbonyl (C=O) groups excluding carboxylic acids is 1. The van der Waals surface area contributed by atoms with Gasteiger partial charge in [-0.05, 0) is 42.3 Å². The number of nitrogens with one attached hydrogen (secondary N) is 1. The second-order valence-corrected chi connectivity index (χ2v) is 4.39. The first-order valence-corrected chi connectivity index (χ1v) is 6.21. The lowest BCUT2D eigenvalue weighted by Gasteiger charge is -2.01. The van der Waals surface area contributed by atoms with Gasteiger partial charge in [0.15, 0.2) is 0 Å². The fourth-order valence-electron chi connectivity index (χ4n) is 1.59. The molecule has 0 saturated carbocycles. The molecular formula is C15H13N3O3. The first-order chi connectivity index (χ1) is 10.0. The molecular weight excluding hydrogens is 270 g/mol. The zero-order valence-electron chi connectivity index (χ0n) is 11.3. The van der Waals surface area contributed by atoms with E-state index in [4.69, 9.17) is 0 Å². The highest BCUT2D eigenvalue weighted by molar-refractivity contribution is 6.01. The molecule has 106 valence electrons. The zero-order valence-corrected chi connectivity index (χ0v) is 11.3. The molecule has 0 bridgehead atoms. The maximum absolute atomic E-state index is 11.7. The van der Waals surface area contributed by atoms with Gasteiger partial charge in [-0.1, -0.05) is 6.07 Å². The molecule has 2 aromatic rings. The molecule has 0 radical (unpaired) electrons. The van der Waals surface area contributed by atoms with Crippen LogP contribution in [-0.2, 0) is 4.79 Å². The number of carbonyl (C=O) groups is 1. The van der Waals surface area contributed by atoms with Gasteiger partial charge in [-0.2, -0.15) is 0 Å². The van der Waals surface area contributed by atoms with E-state index in [2.05, 4.69) is 10.3 Å². The van der Waals surface area contributed by atoms with Crippen LogP contribution in [0, 0.1) is 17.0 Å². The second-order valence-electron chi connectivity index (χ2n) is 4.39. The number of nitro benzene ring substituents is 1. The number of nitrogens with zero attached hydrogens (tertiary/aromatic N) is 2. The molecule has 1 N–H and O–H groups in total. The summed E-state index contributed by atoms with van der Waals surface area (Å²) in [5, 5.41) is 13.1. The van der Waals surface area contributed by atoms with Gasteiger partial charge in [0, 0.05) is 24.4 Å². The fourth-order valence-corrected chi connectivity index (χ4v) is 1.59. The lowest BCUT2D eigenvalue weighted by atomic mass is 10.2. The maximum atomic E-state index is 11.7. The summed E-state index contributed by atoms with van der Waals surface area (Å²) in [6.45, 7) is 1.91. The molecule has 21 heavy (non-hydrogen) atoms. The van der Waals surface area contributed by atoms with E-state index in [1.54, 1.807) is 30.5 Å². The van der Waals surface area contributed by atoms with Crippen molar-refractivity contribution in [2.75, 3.05) is 5.32 Å². The average Bonchev–Trinajstić information content (AvgIpc) is 2.48. The van der Waals surface area contributed by atoms with Crippen LogP contribution in [0.1, 0.15) is 11.1 Å². The Morgan fingerprint density at radius 1 is 1.24 bits per heavy atom. The van der Waals surface area contributed by atoms with Crippen molar-refractivity contribution in [2.45, 2.75) is 6.92 Å². The molecule has 0 aliphatic carbocycles. The van der Waals surface area contributed by atoms with Crippen LogP contribution in [0.25, 0.3) is 6.08 Å². The third-order valence-corrected chi connectivity index (χ3v) is 2.69. The number of aryl methyl sites for hydroxylation is 1. The third-order valence-electron chi connectivity index (χ3n) is 2.69. The Balaban J connectivity index is 1.98. The number of anilines is 1. The maximum Gasteiger partial charge on any atom is 0.269 e. The number of hydrogen-bond acceptors (Lipinski definition) is 4. The van der Waals surface area contributed by atoms with E-state index in [0.717, 1.165) is 5.56 Å². The van der Waals surface area contributed by atoms with Crippen LogP contribution in [-0.4, -0.2) is 15.8 Å². The third kappa shape index (κ3) is 4.24. The van der Waals surface area contributed by atoms with E-state index in [1.165, 1.54) is 18.2 Å². The summed E-state index contributed by atoms with van der Waals surface area (Å²) in [7, 11) is 0. The van der Waals surface area contributed by atoms with E-state index in [-0.39, 0.29) is 11.6 Å². The molecule has 1 aromatic heterocycles. The minimum atomic E-state index is -0.469. The lowest BCUT2D eigenvalue weighted by Crippen LogP contribution is -2.08. The highest BCUT2D eigenvalue weighted by atomic mass is 16.6. The van der Waals surface area contributed by atoms with Gasteiger partial charge in [-0.3, -0.25) is 14.9 Å². The molecule has 6 nitrogen and oxygen atoms in total. The Kier molecular flexibility index (Phi) is 4.40. The van der Waals surface area contributed by atoms with Crippen LogP contribution in [0.5, 0.6) is 0 Å². The lowest BCUT2D eigenvalue weighted by molar-refractivity contribution is -0.384. The quantitative estimate of drug-likeness (QED) is 0.531. The van der Waals surface area contributed by atoms with E-state index < -0.39 is 4.92 Å². The summed E-state index contributed by atoms with van der Waals surface area (Å²) in [4.78, 5) is 25.8. The molecule has 1 heterocycles. The number of benzene rings is 1. The standard InChI is InChI=1S/C15H13N3O3/c1-11-2-8-14(16-10-11)17-15(19)9-5-12-3-6-13(7-4-12)18(20)21/h2-10H,1H3,(H,16,17,19). The Morgan fingerprint density at radius 2 is 1.95 bits per heavy atom. The number of hydrogen-bond donors (Lipinski definition) is 1. The Bertz CT molecular complexity index is 676. The van der Waals surface area contributed by atoms with Crippen LogP contribution < -0.4 is 5.32 Å². The van der Waals surface area contributed by atoms with Crippen LogP contribution in [0.2, 0.25) is 0 Å². The number of amides is 1. The highest BCUT2D eigenvalue weighted by Gasteiger charge is 2.03. The zero-order chi connectivity index (χ0) is 15.2. The van der Waals surface area contributed by atoms with Gasteiger partial charge in [0.25, 0.3) is 5.69 Å². The van der Waals surface area contributed by atoms with Crippen LogP contribution in [0.4, 0.5) is 11.5 Å². The molecule has 0 aliphatic rings. The molecule has 0 fully saturated rings. The van der Waals surface area contributed by atoms with E-state index >= 15 is 0 Å². The molecule has 2 rings (SSSR count). The monoisotopic (exact) mass is 283 g/mol. The minimum absolute atomic E-state index is 0.0143. The summed E-state index contributed by atoms with van der Waals surface area (Å²) >= 11 is 0. The van der Waals surface area contributed by atoms with E-state index in [1.807, 2.05) is 13.0 Å². The van der Waals surface area contributed by atoms with E-state index in [0.29, 0.717) is 11.4 Å². The van der Waals surface area contributed by atoms with Crippen molar-refractivity contribution in [3.8, 4) is 0 Å². The number of aromatic nitrogens is 1. The smallest absolute Gasteiger partial charge is 0.269 e. The summed E-state index contributed by atoms with van der Waals surface area (Å²) in [5.74, 6) is 0.156. The topological polar surface area (TPSA) is 85.1 Å². The summed E-state index contributed by atoms with van der Waals surface area (Å²) in [6.07, 6.45) is 4.59. The van der Waals surface area contributed by atoms with Gasteiger partial charge in [0.1, 0.15) is 5.82 Å². The van der Waals surface area contributed by atoms with Crippen molar-refractivity contribution < 1.29 is 9.72 Å². The summed E-state index contributed by atoms with van der Waals surface area (Å²) in [5.41, 5.74) is 1.72. The van der Waals surface area contributed by atoms with Gasteiger partial charge < -0.3 is 5.32 Å². The van der Waals surface area contributed by atoms with Crippen molar-refractivity contribution >= 4 is 23.5 Å². The van der Waals surface area contributed by atoms with Crippen molar-refractivity contribution in [2.24, 2.45) is 0 Å². The predicted molar refractivity (Wildman–Crippen MR) is 79.7 cm³/mol. The van der Waals surface area contributed by atoms with Crippen molar-refractivity contribution in [3.63, 3.8) is 0 Å². The first-order valence-electron chi connectivity index (χ1n) is 6.21. The summed E-state index contributed by atoms with van der Waals surface area (Å²) in [6, 6.07) is 9.49. The predicted octanol–water partition coefficient (Wildman–Crippen LogP) is 2.95. The fraction of sp³-hybridized carbons (Fsp3) is 0.0667. The van der Waals surface area contributed by atoms with Crippen LogP contribution in [0.15, 0.2) is 48.7 Å². The Hall–Kier alpha value is -3.02. The number of non-ortho nitro benzene ring substituents is 1. The molecule has 6 heteroatoms. The van der Waals surface area contributed by atoms with Crippen molar-refractivity contribution in [1.29, 1.82) is 0 Å². The molecule has 0 spiro atoms. The molecule has 0 atom stereocenters. The normalized spacial score (nSPS) is 10.5. The highest BCUT2D eigenvalue weighted by Crippen LogP contribution is 2.13. The van der Waals surface area contributed by atoms with Crippen LogP contribution >= 0.6 is 0 Å². The number of pyridine rings is 1. The summed E-state index contributed by atoms with van der Waals surface area (Å²) < 4.78 is 0. The van der Waals surface area contributed by atoms with Gasteiger partial charge in [-0.25, -0.2) is 4.98 Å². The van der Waals surface area contributed by atoms with Crippen LogP contribution in [0.3, 0.4) is 0 Å². The Labute approximate surface area is 121 Å². The Morgan fingerprint density at radius 3 is 2.52 bits per heavy atom. The van der Waals surface area contributed by atoms with Crippen molar-refractivity contribution in [3.05, 3.63) is 69.9 Å². The van der Waals surface area contributed by atoms with Gasteiger partial charge >= 0.3 is 0 Å². The van der Waals surface area contributed by atoms with Crippen molar-refractivity contribution in [1.82, 2.24) is 4.98 Å². The minimum Gasteiger partial charge on any atom is -0.307 e. The second kappa shape index (κ2) is 6.42. The van der Waals surface area contributed by atoms with Gasteiger partial charge in [0.2, 0.25) is 5.91 Å².